The van der Waals surface area contributed by atoms with E-state index in [2.05, 4.69) is 5.32 Å². The van der Waals surface area contributed by atoms with Gasteiger partial charge in [-0.3, -0.25) is 4.79 Å². The highest BCUT2D eigenvalue weighted by Gasteiger charge is 2.21. The number of benzene rings is 1. The van der Waals surface area contributed by atoms with Crippen LogP contribution in [0.3, 0.4) is 0 Å². The Labute approximate surface area is 131 Å². The van der Waals surface area contributed by atoms with Gasteiger partial charge >= 0.3 is 6.09 Å². The largest absolute Gasteiger partial charge is 0.508 e. The summed E-state index contributed by atoms with van der Waals surface area (Å²) in [5.74, 6) is -0.159. The summed E-state index contributed by atoms with van der Waals surface area (Å²) in [6.07, 6.45) is -0.548. The fourth-order valence-electron chi connectivity index (χ4n) is 1.78. The molecule has 0 fully saturated rings. The zero-order chi connectivity index (χ0) is 16.9. The van der Waals surface area contributed by atoms with Crippen LogP contribution in [0.4, 0.5) is 4.79 Å². The third kappa shape index (κ3) is 6.03. The van der Waals surface area contributed by atoms with Gasteiger partial charge in [-0.15, -0.1) is 0 Å². The molecule has 122 valence electrons. The van der Waals surface area contributed by atoms with E-state index in [1.807, 2.05) is 6.07 Å². The number of ether oxygens (including phenoxy) is 1. The third-order valence-electron chi connectivity index (χ3n) is 2.83. The second-order valence-corrected chi connectivity index (χ2v) is 6.22. The quantitative estimate of drug-likeness (QED) is 0.895. The van der Waals surface area contributed by atoms with Gasteiger partial charge in [0.25, 0.3) is 0 Å². The van der Waals surface area contributed by atoms with Crippen LogP contribution in [0.25, 0.3) is 0 Å². The smallest absolute Gasteiger partial charge is 0.410 e. The fourth-order valence-corrected chi connectivity index (χ4v) is 1.78. The molecule has 0 unspecified atom stereocenters. The number of nitrogens with zero attached hydrogens (tertiary/aromatic N) is 1. The number of rotatable bonds is 4. The number of carbonyl (C=O) groups excluding carboxylic acids is 2. The first kappa shape index (κ1) is 17.8. The SMILES string of the molecule is C[C@H](NC(=O)CN(C)C(=O)OC(C)(C)C)c1cccc(O)c1. The highest BCUT2D eigenvalue weighted by molar-refractivity contribution is 5.82. The van der Waals surface area contributed by atoms with Crippen molar-refractivity contribution in [2.45, 2.75) is 39.3 Å². The first-order valence-corrected chi connectivity index (χ1v) is 7.11. The van der Waals surface area contributed by atoms with Crippen molar-refractivity contribution < 1.29 is 19.4 Å². The molecular formula is C16H24N2O4. The lowest BCUT2D eigenvalue weighted by Gasteiger charge is -2.24. The predicted octanol–water partition coefficient (Wildman–Crippen LogP) is 2.44. The van der Waals surface area contributed by atoms with Crippen molar-refractivity contribution in [2.75, 3.05) is 13.6 Å². The van der Waals surface area contributed by atoms with Crippen molar-refractivity contribution in [2.24, 2.45) is 0 Å². The van der Waals surface area contributed by atoms with Crippen LogP contribution in [0.5, 0.6) is 5.75 Å². The van der Waals surface area contributed by atoms with Crippen molar-refractivity contribution >= 4 is 12.0 Å². The molecule has 0 saturated heterocycles. The summed E-state index contributed by atoms with van der Waals surface area (Å²) in [6, 6.07) is 6.39. The Bertz CT molecular complexity index is 537. The fraction of sp³-hybridized carbons (Fsp3) is 0.500. The van der Waals surface area contributed by atoms with Crippen LogP contribution in [0.1, 0.15) is 39.3 Å². The van der Waals surface area contributed by atoms with Gasteiger partial charge in [0.1, 0.15) is 17.9 Å². The molecule has 0 saturated carbocycles. The molecule has 0 aliphatic carbocycles. The van der Waals surface area contributed by atoms with Crippen molar-refractivity contribution in [1.82, 2.24) is 10.2 Å². The van der Waals surface area contributed by atoms with Crippen LogP contribution in [-0.2, 0) is 9.53 Å². The lowest BCUT2D eigenvalue weighted by Crippen LogP contribution is -2.41. The lowest BCUT2D eigenvalue weighted by molar-refractivity contribution is -0.122. The standard InChI is InChI=1S/C16H24N2O4/c1-11(12-7-6-8-13(19)9-12)17-14(20)10-18(5)15(21)22-16(2,3)4/h6-9,11,19H,10H2,1-5H3,(H,17,20)/t11-/m0/s1. The van der Waals surface area contributed by atoms with E-state index in [1.165, 1.54) is 11.9 Å². The Hall–Kier alpha value is -2.24. The molecule has 2 amide bonds. The maximum Gasteiger partial charge on any atom is 0.410 e. The molecule has 1 atom stereocenters. The third-order valence-corrected chi connectivity index (χ3v) is 2.83. The minimum absolute atomic E-state index is 0.0991. The van der Waals surface area contributed by atoms with E-state index < -0.39 is 11.7 Å². The normalized spacial score (nSPS) is 12.4. The Morgan fingerprint density at radius 1 is 1.36 bits per heavy atom. The monoisotopic (exact) mass is 308 g/mol. The topological polar surface area (TPSA) is 78.9 Å². The van der Waals surface area contributed by atoms with Gasteiger partial charge in [-0.25, -0.2) is 4.79 Å². The number of hydrogen-bond acceptors (Lipinski definition) is 4. The van der Waals surface area contributed by atoms with E-state index in [-0.39, 0.29) is 24.2 Å². The van der Waals surface area contributed by atoms with Gasteiger partial charge < -0.3 is 20.1 Å². The second-order valence-electron chi connectivity index (χ2n) is 6.22. The molecule has 0 bridgehead atoms. The van der Waals surface area contributed by atoms with E-state index >= 15 is 0 Å². The molecule has 0 heterocycles. The minimum atomic E-state index is -0.601. The molecule has 22 heavy (non-hydrogen) atoms. The average molecular weight is 308 g/mol. The highest BCUT2D eigenvalue weighted by atomic mass is 16.6. The second kappa shape index (κ2) is 7.15. The van der Waals surface area contributed by atoms with Crippen molar-refractivity contribution in [1.29, 1.82) is 0 Å². The van der Waals surface area contributed by atoms with Crippen LogP contribution >= 0.6 is 0 Å². The van der Waals surface area contributed by atoms with Gasteiger partial charge in [-0.05, 0) is 45.4 Å². The molecule has 0 radical (unpaired) electrons. The maximum absolute atomic E-state index is 12.0. The zero-order valence-electron chi connectivity index (χ0n) is 13.7. The molecule has 0 aliphatic heterocycles. The Balaban J connectivity index is 2.53. The zero-order valence-corrected chi connectivity index (χ0v) is 13.7. The summed E-state index contributed by atoms with van der Waals surface area (Å²) in [6.45, 7) is 7.01. The summed E-state index contributed by atoms with van der Waals surface area (Å²) in [5, 5.41) is 12.2. The lowest BCUT2D eigenvalue weighted by atomic mass is 10.1. The summed E-state index contributed by atoms with van der Waals surface area (Å²) < 4.78 is 5.18. The summed E-state index contributed by atoms with van der Waals surface area (Å²) in [5.41, 5.74) is 0.185. The number of phenols is 1. The van der Waals surface area contributed by atoms with Crippen LogP contribution in [0.2, 0.25) is 0 Å². The minimum Gasteiger partial charge on any atom is -0.508 e. The highest BCUT2D eigenvalue weighted by Crippen LogP contribution is 2.17. The molecule has 6 heteroatoms. The van der Waals surface area contributed by atoms with E-state index in [0.29, 0.717) is 0 Å². The Kier molecular flexibility index (Phi) is 5.79. The van der Waals surface area contributed by atoms with Gasteiger partial charge in [-0.1, -0.05) is 12.1 Å². The molecule has 0 aromatic heterocycles. The molecule has 1 aromatic carbocycles. The van der Waals surface area contributed by atoms with E-state index in [4.69, 9.17) is 4.74 Å². The van der Waals surface area contributed by atoms with Gasteiger partial charge in [0.05, 0.1) is 6.04 Å². The van der Waals surface area contributed by atoms with Crippen LogP contribution < -0.4 is 5.32 Å². The number of amides is 2. The summed E-state index contributed by atoms with van der Waals surface area (Å²) in [4.78, 5) is 25.0. The van der Waals surface area contributed by atoms with Crippen molar-refractivity contribution in [3.63, 3.8) is 0 Å². The first-order valence-electron chi connectivity index (χ1n) is 7.11. The van der Waals surface area contributed by atoms with E-state index in [9.17, 15) is 14.7 Å². The number of carbonyl (C=O) groups is 2. The number of phenolic OH excluding ortho intramolecular Hbond substituents is 1. The molecule has 6 nitrogen and oxygen atoms in total. The molecule has 0 spiro atoms. The maximum atomic E-state index is 12.0. The molecule has 1 rings (SSSR count). The molecule has 2 N–H and O–H groups in total. The van der Waals surface area contributed by atoms with Gasteiger partial charge in [0.2, 0.25) is 5.91 Å². The van der Waals surface area contributed by atoms with E-state index in [1.54, 1.807) is 45.9 Å². The number of aromatic hydroxyl groups is 1. The number of hydrogen-bond donors (Lipinski definition) is 2. The Morgan fingerprint density at radius 2 is 2.00 bits per heavy atom. The predicted molar refractivity (Wildman–Crippen MR) is 83.5 cm³/mol. The summed E-state index contributed by atoms with van der Waals surface area (Å²) in [7, 11) is 1.51. The van der Waals surface area contributed by atoms with Crippen LogP contribution in [0.15, 0.2) is 24.3 Å². The van der Waals surface area contributed by atoms with Gasteiger partial charge in [0, 0.05) is 7.05 Å². The van der Waals surface area contributed by atoms with Crippen molar-refractivity contribution in [3.05, 3.63) is 29.8 Å². The molecule has 0 aliphatic rings. The number of likely N-dealkylation sites (N-methyl/N-ethyl adjacent to an activating group) is 1. The summed E-state index contributed by atoms with van der Waals surface area (Å²) >= 11 is 0. The van der Waals surface area contributed by atoms with Crippen LogP contribution in [-0.4, -0.2) is 41.2 Å². The number of nitrogens with one attached hydrogen (secondary N) is 1. The van der Waals surface area contributed by atoms with Gasteiger partial charge in [0.15, 0.2) is 0 Å². The first-order chi connectivity index (χ1) is 10.1. The molecule has 1 aromatic rings. The van der Waals surface area contributed by atoms with Crippen LogP contribution in [0, 0.1) is 0 Å². The molecular weight excluding hydrogens is 284 g/mol. The average Bonchev–Trinajstić information content (AvgIpc) is 2.36. The van der Waals surface area contributed by atoms with Gasteiger partial charge in [-0.2, -0.15) is 0 Å². The van der Waals surface area contributed by atoms with Crippen molar-refractivity contribution in [3.8, 4) is 5.75 Å². The van der Waals surface area contributed by atoms with E-state index in [0.717, 1.165) is 5.56 Å². The Morgan fingerprint density at radius 3 is 2.55 bits per heavy atom.